The zero-order valence-corrected chi connectivity index (χ0v) is 14.2. The van der Waals surface area contributed by atoms with Crippen molar-refractivity contribution in [3.8, 4) is 11.6 Å². The molecule has 0 atom stereocenters. The van der Waals surface area contributed by atoms with Gasteiger partial charge in [0.05, 0.1) is 5.41 Å². The van der Waals surface area contributed by atoms with Gasteiger partial charge >= 0.3 is 5.97 Å². The third-order valence-electron chi connectivity index (χ3n) is 4.23. The number of carbonyl (C=O) groups is 2. The van der Waals surface area contributed by atoms with Crippen molar-refractivity contribution in [2.45, 2.75) is 39.5 Å². The average Bonchev–Trinajstić information content (AvgIpc) is 3.11. The largest absolute Gasteiger partial charge is 0.481 e. The van der Waals surface area contributed by atoms with E-state index in [0.717, 1.165) is 0 Å². The van der Waals surface area contributed by atoms with E-state index in [1.165, 1.54) is 0 Å². The van der Waals surface area contributed by atoms with Gasteiger partial charge in [-0.1, -0.05) is 19.0 Å². The van der Waals surface area contributed by atoms with Crippen LogP contribution < -0.4 is 5.32 Å². The molecule has 2 rings (SSSR count). The molecule has 0 aromatic carbocycles. The Morgan fingerprint density at radius 2 is 1.88 bits per heavy atom. The number of nitrogens with zero attached hydrogens (tertiary/aromatic N) is 4. The van der Waals surface area contributed by atoms with Gasteiger partial charge in [-0.25, -0.2) is 9.97 Å². The summed E-state index contributed by atoms with van der Waals surface area (Å²) >= 11 is 0. The minimum Gasteiger partial charge on any atom is -0.481 e. The Balaban J connectivity index is 1.86. The first-order valence-corrected chi connectivity index (χ1v) is 8.11. The zero-order valence-electron chi connectivity index (χ0n) is 14.2. The van der Waals surface area contributed by atoms with Crippen LogP contribution in [0.15, 0.2) is 23.0 Å². The van der Waals surface area contributed by atoms with E-state index in [0.29, 0.717) is 24.6 Å². The molecular weight excluding hydrogens is 326 g/mol. The molecule has 134 valence electrons. The molecule has 0 spiro atoms. The molecule has 25 heavy (non-hydrogen) atoms. The second-order valence-electron chi connectivity index (χ2n) is 5.65. The molecule has 0 bridgehead atoms. The second kappa shape index (κ2) is 8.32. The van der Waals surface area contributed by atoms with Gasteiger partial charge < -0.3 is 14.9 Å². The number of carboxylic acid groups (broad SMARTS) is 1. The van der Waals surface area contributed by atoms with Crippen molar-refractivity contribution in [2.75, 3.05) is 6.54 Å². The van der Waals surface area contributed by atoms with Gasteiger partial charge in [-0.05, 0) is 18.9 Å². The molecule has 0 saturated carbocycles. The number of carboxylic acids is 1. The van der Waals surface area contributed by atoms with Crippen molar-refractivity contribution < 1.29 is 19.2 Å². The minimum absolute atomic E-state index is 0.0983. The Hall–Kier alpha value is -2.84. The molecule has 0 radical (unpaired) electrons. The van der Waals surface area contributed by atoms with Crippen LogP contribution in [0.1, 0.15) is 39.0 Å². The lowest BCUT2D eigenvalue weighted by molar-refractivity contribution is -0.149. The first kappa shape index (κ1) is 18.5. The summed E-state index contributed by atoms with van der Waals surface area (Å²) in [5.74, 6) is -0.254. The maximum atomic E-state index is 12.0. The number of aromatic nitrogens is 4. The Bertz CT molecular complexity index is 712. The fraction of sp³-hybridized carbons (Fsp3) is 0.500. The van der Waals surface area contributed by atoms with E-state index in [1.807, 2.05) is 0 Å². The number of nitrogens with one attached hydrogen (secondary N) is 1. The van der Waals surface area contributed by atoms with Crippen LogP contribution in [0.3, 0.4) is 0 Å². The molecule has 1 amide bonds. The Kier molecular flexibility index (Phi) is 6.15. The molecule has 2 N–H and O–H groups in total. The molecule has 0 saturated heterocycles. The van der Waals surface area contributed by atoms with Gasteiger partial charge in [-0.3, -0.25) is 9.59 Å². The van der Waals surface area contributed by atoms with Crippen LogP contribution >= 0.6 is 0 Å². The Morgan fingerprint density at radius 1 is 1.20 bits per heavy atom. The molecule has 2 aromatic heterocycles. The van der Waals surface area contributed by atoms with E-state index in [2.05, 4.69) is 25.4 Å². The summed E-state index contributed by atoms with van der Waals surface area (Å²) in [6.45, 7) is 3.70. The lowest BCUT2D eigenvalue weighted by Gasteiger charge is -2.26. The van der Waals surface area contributed by atoms with E-state index >= 15 is 0 Å². The van der Waals surface area contributed by atoms with Crippen LogP contribution in [0.2, 0.25) is 0 Å². The van der Waals surface area contributed by atoms with Gasteiger partial charge in [-0.15, -0.1) is 0 Å². The SMILES string of the molecule is CCC(CC)(CNC(=O)CCc1nc(-c2ncccn2)no1)C(=O)O. The summed E-state index contributed by atoms with van der Waals surface area (Å²) in [4.78, 5) is 35.6. The normalized spacial score (nSPS) is 11.3. The fourth-order valence-electron chi connectivity index (χ4n) is 2.32. The minimum atomic E-state index is -0.933. The van der Waals surface area contributed by atoms with Crippen molar-refractivity contribution in [3.63, 3.8) is 0 Å². The molecule has 0 aliphatic carbocycles. The molecule has 0 unspecified atom stereocenters. The van der Waals surface area contributed by atoms with Gasteiger partial charge in [0.2, 0.25) is 23.4 Å². The van der Waals surface area contributed by atoms with Crippen LogP contribution in [0.25, 0.3) is 11.6 Å². The monoisotopic (exact) mass is 347 g/mol. The summed E-state index contributed by atoms with van der Waals surface area (Å²) in [6, 6.07) is 1.68. The van der Waals surface area contributed by atoms with Crippen molar-refractivity contribution >= 4 is 11.9 Å². The highest BCUT2D eigenvalue weighted by Gasteiger charge is 2.35. The number of amides is 1. The van der Waals surface area contributed by atoms with Gasteiger partial charge in [0, 0.05) is 31.8 Å². The molecule has 2 heterocycles. The predicted octanol–water partition coefficient (Wildman–Crippen LogP) is 1.47. The number of hydrogen-bond donors (Lipinski definition) is 2. The third kappa shape index (κ3) is 4.59. The topological polar surface area (TPSA) is 131 Å². The molecule has 9 heteroatoms. The highest BCUT2D eigenvalue weighted by Crippen LogP contribution is 2.25. The number of carbonyl (C=O) groups excluding carboxylic acids is 1. The number of hydrogen-bond acceptors (Lipinski definition) is 7. The fourth-order valence-corrected chi connectivity index (χ4v) is 2.32. The molecule has 0 aliphatic rings. The average molecular weight is 347 g/mol. The predicted molar refractivity (Wildman–Crippen MR) is 87.3 cm³/mol. The van der Waals surface area contributed by atoms with E-state index in [1.54, 1.807) is 32.3 Å². The first-order chi connectivity index (χ1) is 12.0. The smallest absolute Gasteiger partial charge is 0.311 e. The standard InChI is InChI=1S/C16H21N5O4/c1-3-16(4-2,15(23)24)10-19-11(22)6-7-12-20-14(21-25-12)13-17-8-5-9-18-13/h5,8-9H,3-4,6-7,10H2,1-2H3,(H,19,22)(H,23,24). The van der Waals surface area contributed by atoms with E-state index in [9.17, 15) is 14.7 Å². The summed E-state index contributed by atoms with van der Waals surface area (Å²) in [6.07, 6.45) is 4.42. The second-order valence-corrected chi connectivity index (χ2v) is 5.65. The summed E-state index contributed by atoms with van der Waals surface area (Å²) in [5, 5.41) is 15.8. The molecule has 9 nitrogen and oxygen atoms in total. The lowest BCUT2D eigenvalue weighted by Crippen LogP contribution is -2.42. The van der Waals surface area contributed by atoms with Crippen LogP contribution in [0.4, 0.5) is 0 Å². The third-order valence-corrected chi connectivity index (χ3v) is 4.23. The Morgan fingerprint density at radius 3 is 2.48 bits per heavy atom. The first-order valence-electron chi connectivity index (χ1n) is 8.11. The van der Waals surface area contributed by atoms with E-state index in [-0.39, 0.29) is 31.1 Å². The van der Waals surface area contributed by atoms with Crippen LogP contribution in [-0.4, -0.2) is 43.6 Å². The van der Waals surface area contributed by atoms with Crippen LogP contribution in [-0.2, 0) is 16.0 Å². The molecule has 2 aromatic rings. The van der Waals surface area contributed by atoms with Crippen molar-refractivity contribution in [1.29, 1.82) is 0 Å². The summed E-state index contributed by atoms with van der Waals surface area (Å²) in [5.41, 5.74) is -0.933. The van der Waals surface area contributed by atoms with Crippen molar-refractivity contribution in [1.82, 2.24) is 25.4 Å². The van der Waals surface area contributed by atoms with E-state index in [4.69, 9.17) is 4.52 Å². The molecular formula is C16H21N5O4. The number of aryl methyl sites for hydroxylation is 1. The highest BCUT2D eigenvalue weighted by molar-refractivity contribution is 5.79. The van der Waals surface area contributed by atoms with Gasteiger partial charge in [0.15, 0.2) is 0 Å². The van der Waals surface area contributed by atoms with Crippen LogP contribution in [0.5, 0.6) is 0 Å². The van der Waals surface area contributed by atoms with E-state index < -0.39 is 11.4 Å². The molecule has 0 aliphatic heterocycles. The van der Waals surface area contributed by atoms with Crippen LogP contribution in [0, 0.1) is 5.41 Å². The number of aliphatic carboxylic acids is 1. The highest BCUT2D eigenvalue weighted by atomic mass is 16.5. The summed E-state index contributed by atoms with van der Waals surface area (Å²) < 4.78 is 5.08. The van der Waals surface area contributed by atoms with Crippen molar-refractivity contribution in [2.24, 2.45) is 5.41 Å². The van der Waals surface area contributed by atoms with Gasteiger partial charge in [-0.2, -0.15) is 4.98 Å². The van der Waals surface area contributed by atoms with Gasteiger partial charge in [0.25, 0.3) is 0 Å². The van der Waals surface area contributed by atoms with Gasteiger partial charge in [0.1, 0.15) is 0 Å². The zero-order chi connectivity index (χ0) is 18.3. The number of rotatable bonds is 9. The van der Waals surface area contributed by atoms with Crippen molar-refractivity contribution in [3.05, 3.63) is 24.4 Å². The lowest BCUT2D eigenvalue weighted by atomic mass is 9.82. The molecule has 0 fully saturated rings. The quantitative estimate of drug-likeness (QED) is 0.697. The summed E-state index contributed by atoms with van der Waals surface area (Å²) in [7, 11) is 0. The maximum absolute atomic E-state index is 12.0. The Labute approximate surface area is 144 Å². The maximum Gasteiger partial charge on any atom is 0.311 e.